The molecule has 226 valence electrons. The molecule has 3 amide bonds. The Morgan fingerprint density at radius 2 is 2.17 bits per heavy atom. The van der Waals surface area contributed by atoms with Gasteiger partial charge in [-0.05, 0) is 29.7 Å². The number of amides is 3. The Morgan fingerprint density at radius 1 is 1.36 bits per heavy atom. The van der Waals surface area contributed by atoms with Crippen LogP contribution in [0.1, 0.15) is 13.3 Å². The number of rotatable bonds is 10. The van der Waals surface area contributed by atoms with Gasteiger partial charge in [-0.25, -0.2) is 9.48 Å². The molecule has 16 heteroatoms. The van der Waals surface area contributed by atoms with E-state index in [0.717, 1.165) is 6.54 Å². The molecule has 15 nitrogen and oxygen atoms in total. The second kappa shape index (κ2) is 11.1. The van der Waals surface area contributed by atoms with Crippen molar-refractivity contribution in [1.29, 1.82) is 0 Å². The largest absolute Gasteiger partial charge is 0.477 e. The lowest BCUT2D eigenvalue weighted by Crippen LogP contribution is -2.66. The third kappa shape index (κ3) is 4.69. The third-order valence-electron chi connectivity index (χ3n) is 9.40. The van der Waals surface area contributed by atoms with Crippen LogP contribution in [0.25, 0.3) is 0 Å². The molecular formula is C26H35N9O6S. The summed E-state index contributed by atoms with van der Waals surface area (Å²) in [6, 6.07) is -1.44. The Morgan fingerprint density at radius 3 is 2.83 bits per heavy atom. The number of aliphatic hydroxyl groups excluding tert-OH is 1. The molecule has 1 aromatic heterocycles. The van der Waals surface area contributed by atoms with Gasteiger partial charge in [0.05, 0.1) is 24.6 Å². The minimum absolute atomic E-state index is 0.00440. The molecule has 0 saturated carbocycles. The van der Waals surface area contributed by atoms with Crippen LogP contribution in [0.2, 0.25) is 0 Å². The average Bonchev–Trinajstić information content (AvgIpc) is 3.76. The maximum absolute atomic E-state index is 13.4. The van der Waals surface area contributed by atoms with Crippen LogP contribution < -0.4 is 16.0 Å². The van der Waals surface area contributed by atoms with Crippen molar-refractivity contribution >= 4 is 35.5 Å². The lowest BCUT2D eigenvalue weighted by molar-refractivity contribution is -0.158. The zero-order valence-electron chi connectivity index (χ0n) is 23.2. The summed E-state index contributed by atoms with van der Waals surface area (Å²) in [7, 11) is 0. The number of aliphatic carboxylic acids is 1. The minimum atomic E-state index is -1.20. The van der Waals surface area contributed by atoms with E-state index in [2.05, 4.69) is 38.1 Å². The highest BCUT2D eigenvalue weighted by Crippen LogP contribution is 2.52. The number of tetrazole rings is 1. The Hall–Kier alpha value is -3.34. The first-order valence-electron chi connectivity index (χ1n) is 14.1. The number of nitrogens with zero attached hydrogens (tertiary/aromatic N) is 6. The van der Waals surface area contributed by atoms with Crippen LogP contribution in [-0.4, -0.2) is 127 Å². The van der Waals surface area contributed by atoms with Crippen molar-refractivity contribution < 1.29 is 29.4 Å². The highest BCUT2D eigenvalue weighted by atomic mass is 32.2. The zero-order valence-corrected chi connectivity index (χ0v) is 24.0. The summed E-state index contributed by atoms with van der Waals surface area (Å²) in [6.45, 7) is 8.74. The number of carboxylic acids is 1. The molecule has 1 aromatic rings. The van der Waals surface area contributed by atoms with Gasteiger partial charge in [0.1, 0.15) is 18.6 Å². The number of hydrogen-bond acceptors (Lipinski definition) is 11. The number of aliphatic hydroxyl groups is 1. The summed E-state index contributed by atoms with van der Waals surface area (Å²) in [5, 5.41) is 40.2. The van der Waals surface area contributed by atoms with Crippen molar-refractivity contribution in [3.8, 4) is 0 Å². The van der Waals surface area contributed by atoms with E-state index in [1.54, 1.807) is 13.0 Å². The van der Waals surface area contributed by atoms with Crippen LogP contribution in [0.4, 0.5) is 0 Å². The number of carbonyl (C=O) groups excluding carboxylic acids is 3. The molecule has 2 unspecified atom stereocenters. The molecule has 5 N–H and O–H groups in total. The first-order valence-corrected chi connectivity index (χ1v) is 15.0. The molecule has 4 fully saturated rings. The molecule has 0 aromatic carbocycles. The Kier molecular flexibility index (Phi) is 7.57. The van der Waals surface area contributed by atoms with E-state index in [1.807, 2.05) is 4.90 Å². The van der Waals surface area contributed by atoms with E-state index in [4.69, 9.17) is 0 Å². The lowest BCUT2D eigenvalue weighted by atomic mass is 9.77. The fraction of sp³-hybridized carbons (Fsp3) is 0.654. The topological polar surface area (TPSA) is 195 Å². The number of β-lactam (4-membered cyclic amide) rings is 1. The first kappa shape index (κ1) is 28.8. The summed E-state index contributed by atoms with van der Waals surface area (Å²) in [5.74, 6) is -2.74. The number of likely N-dealkylation sites (tertiary alicyclic amines) is 1. The zero-order chi connectivity index (χ0) is 29.8. The summed E-state index contributed by atoms with van der Waals surface area (Å²) in [4.78, 5) is 55.3. The molecule has 4 saturated heterocycles. The highest BCUT2D eigenvalue weighted by Gasteiger charge is 2.61. The van der Waals surface area contributed by atoms with Gasteiger partial charge in [-0.1, -0.05) is 6.08 Å². The van der Waals surface area contributed by atoms with Gasteiger partial charge in [0, 0.05) is 60.3 Å². The lowest BCUT2D eigenvalue weighted by Gasteiger charge is -2.47. The molecule has 0 bridgehead atoms. The van der Waals surface area contributed by atoms with Gasteiger partial charge in [0.15, 0.2) is 0 Å². The van der Waals surface area contributed by atoms with Crippen LogP contribution in [0.3, 0.4) is 0 Å². The van der Waals surface area contributed by atoms with Gasteiger partial charge in [-0.3, -0.25) is 14.4 Å². The van der Waals surface area contributed by atoms with E-state index >= 15 is 0 Å². The molecule has 42 heavy (non-hydrogen) atoms. The highest BCUT2D eigenvalue weighted by molar-refractivity contribution is 8.03. The predicted molar refractivity (Wildman–Crippen MR) is 148 cm³/mol. The van der Waals surface area contributed by atoms with Crippen molar-refractivity contribution in [2.24, 2.45) is 23.2 Å². The predicted octanol–water partition coefficient (Wildman–Crippen LogP) is -2.38. The van der Waals surface area contributed by atoms with Crippen LogP contribution in [0.5, 0.6) is 0 Å². The van der Waals surface area contributed by atoms with E-state index in [0.29, 0.717) is 37.5 Å². The monoisotopic (exact) mass is 601 g/mol. The van der Waals surface area contributed by atoms with Gasteiger partial charge in [0.2, 0.25) is 17.7 Å². The SMILES string of the molecule is C=C[C@H]1C(S[C@@H]2CN[C@H](C(=O)N3CC4CNCC4(CO)C3)C2)=C(C(=O)O)N2C(=O)[C@H]([C@@H](C)NC(=O)Cn3cnnn3)[C@@H]12. The molecule has 5 aliphatic rings. The van der Waals surface area contributed by atoms with E-state index in [-0.39, 0.29) is 53.2 Å². The third-order valence-corrected chi connectivity index (χ3v) is 10.8. The maximum atomic E-state index is 13.4. The normalized spacial score (nSPS) is 34.3. The summed E-state index contributed by atoms with van der Waals surface area (Å²) >= 11 is 1.39. The second-order valence-electron chi connectivity index (χ2n) is 11.9. The number of carboxylic acid groups (broad SMARTS) is 1. The van der Waals surface area contributed by atoms with Crippen molar-refractivity contribution in [3.63, 3.8) is 0 Å². The van der Waals surface area contributed by atoms with Crippen molar-refractivity contribution in [3.05, 3.63) is 29.6 Å². The smallest absolute Gasteiger partial charge is 0.353 e. The fourth-order valence-corrected chi connectivity index (χ4v) is 8.81. The number of fused-ring (bicyclic) bond motifs is 2. The molecule has 6 heterocycles. The number of thioether (sulfide) groups is 1. The fourth-order valence-electron chi connectivity index (χ4n) is 7.29. The van der Waals surface area contributed by atoms with Gasteiger partial charge >= 0.3 is 5.97 Å². The van der Waals surface area contributed by atoms with Crippen LogP contribution in [-0.2, 0) is 25.7 Å². The molecule has 8 atom stereocenters. The van der Waals surface area contributed by atoms with Gasteiger partial charge in [-0.15, -0.1) is 23.4 Å². The van der Waals surface area contributed by atoms with Gasteiger partial charge in [-0.2, -0.15) is 0 Å². The summed E-state index contributed by atoms with van der Waals surface area (Å²) in [6.07, 6.45) is 3.50. The Labute approximate surface area is 246 Å². The standard InChI is InChI=1S/C26H35N9O6S/c1-3-16-20-19(13(2)30-18(37)8-34-12-29-31-32-34)24(39)35(20)21(25(40)41)22(16)42-15-4-17(28-6-15)23(38)33-7-14-5-27-9-26(14,10-33)11-36/h3,12-17,19-20,27-28,36H,1,4-11H2,2H3,(H,30,37)(H,40,41)/t13-,14?,15+,16-,17+,19-,20-,26?/m1/s1. The molecular weight excluding hydrogens is 566 g/mol. The van der Waals surface area contributed by atoms with Crippen molar-refractivity contribution in [2.45, 2.75) is 43.3 Å². The summed E-state index contributed by atoms with van der Waals surface area (Å²) in [5.41, 5.74) is -0.339. The van der Waals surface area contributed by atoms with E-state index in [1.165, 1.54) is 27.7 Å². The Bertz CT molecular complexity index is 1320. The summed E-state index contributed by atoms with van der Waals surface area (Å²) < 4.78 is 1.27. The maximum Gasteiger partial charge on any atom is 0.353 e. The molecule has 0 radical (unpaired) electrons. The number of aromatic nitrogens is 4. The Balaban J connectivity index is 1.12. The van der Waals surface area contributed by atoms with Gasteiger partial charge < -0.3 is 36.0 Å². The molecule has 5 aliphatic heterocycles. The van der Waals surface area contributed by atoms with E-state index in [9.17, 15) is 29.4 Å². The van der Waals surface area contributed by atoms with Crippen LogP contribution in [0, 0.1) is 23.2 Å². The minimum Gasteiger partial charge on any atom is -0.477 e. The number of nitrogens with one attached hydrogen (secondary N) is 3. The number of carbonyl (C=O) groups is 4. The quantitative estimate of drug-likeness (QED) is 0.141. The molecule has 0 aliphatic carbocycles. The second-order valence-corrected chi connectivity index (χ2v) is 13.2. The van der Waals surface area contributed by atoms with Crippen molar-refractivity contribution in [1.82, 2.24) is 46.0 Å². The average molecular weight is 602 g/mol. The first-order chi connectivity index (χ1) is 20.2. The van der Waals surface area contributed by atoms with Crippen LogP contribution in [0.15, 0.2) is 29.6 Å². The van der Waals surface area contributed by atoms with E-state index < -0.39 is 35.9 Å². The molecule has 6 rings (SSSR count). The molecule has 0 spiro atoms. The number of hydrogen-bond donors (Lipinski definition) is 5. The van der Waals surface area contributed by atoms with Gasteiger partial charge in [0.25, 0.3) is 0 Å². The van der Waals surface area contributed by atoms with Crippen LogP contribution >= 0.6 is 11.8 Å². The van der Waals surface area contributed by atoms with Crippen molar-refractivity contribution in [2.75, 3.05) is 39.3 Å².